The number of anilines is 9. The van der Waals surface area contributed by atoms with Gasteiger partial charge in [0.2, 0.25) is 11.2 Å². The maximum absolute atomic E-state index is 13.7. The summed E-state index contributed by atoms with van der Waals surface area (Å²) in [6.45, 7) is 42.5. The van der Waals surface area contributed by atoms with E-state index < -0.39 is 40.5 Å². The first kappa shape index (κ1) is 101. The summed E-state index contributed by atoms with van der Waals surface area (Å²) in [5, 5.41) is 19.6. The average Bonchev–Trinajstić information content (AvgIpc) is 0.787. The maximum Gasteiger partial charge on any atom is 0.294 e. The van der Waals surface area contributed by atoms with Gasteiger partial charge in [0.1, 0.15) is 65.0 Å². The van der Waals surface area contributed by atoms with E-state index in [4.69, 9.17) is 46.4 Å². The van der Waals surface area contributed by atoms with Gasteiger partial charge in [-0.2, -0.15) is 18.4 Å². The highest BCUT2D eigenvalue weighted by atomic mass is 79.9. The minimum atomic E-state index is -4.02. The van der Waals surface area contributed by atoms with Crippen molar-refractivity contribution >= 4 is 146 Å². The Kier molecular flexibility index (Phi) is 37.1. The number of piperidine rings is 2. The van der Waals surface area contributed by atoms with Crippen molar-refractivity contribution in [2.75, 3.05) is 172 Å². The number of nitrogens with two attached hydrogens (primary N) is 1. The number of nitrogens with one attached hydrogen (secondary N) is 3. The second-order valence-corrected chi connectivity index (χ2v) is 53.8. The highest BCUT2D eigenvalue weighted by Gasteiger charge is 2.31. The van der Waals surface area contributed by atoms with Gasteiger partial charge < -0.3 is 65.0 Å². The van der Waals surface area contributed by atoms with E-state index in [2.05, 4.69) is 228 Å². The standard InChI is InChI=1S/C40H53BrN9O2PSi.C21H22BrClN5OPSi.C19H32N4O.C7H8O3S.C4H10O/c1-9-28-22-34(37(52-3)24-36(28)50-15-12-31(13-16-50)49-19-17-48(2)18-20-49)46-40-43-26-32(41)39(47-40)45-33-11-10-29(23-38(33)53(4,5)51)35-27-42-25-30(44-35)14-21-54(6,7)8;1-30(2,29)19-10-14(18-13-24-11-15(26-18)8-9-31(3,4)5)6-7-17(19)27-20-16(22)12-25-21(23)28-20;1-4-15-13-17(20)19(24-3)14-18(15)23-7-5-16(6-8-23)22-11-9-21(2)10-12-22;1-6-2-4-7(5-3-6)11(8,9)10;1-2-3-4-5/h10-11,22-27,31H,9,12-13,15-20H2,1-8H3,(H2,43,45,46,47);6-7,10-13H,1-5H3,(H,25,27,28);13-14,16H,4-12,20H2,1-3H3;2-5H,1H3,(H,8,9,10);5H,2-4H2,1H3. The summed E-state index contributed by atoms with van der Waals surface area (Å²) in [6, 6.07) is 27.3. The molecule has 4 fully saturated rings. The van der Waals surface area contributed by atoms with Gasteiger partial charge in [-0.05, 0) is 196 Å². The van der Waals surface area contributed by atoms with Crippen LogP contribution in [0.15, 0.2) is 136 Å². The zero-order valence-corrected chi connectivity index (χ0v) is 84.2. The Hall–Kier alpha value is -8.21. The Morgan fingerprint density at radius 2 is 0.992 bits per heavy atom. The highest BCUT2D eigenvalue weighted by Crippen LogP contribution is 2.44. The third-order valence-electron chi connectivity index (χ3n) is 21.5. The number of rotatable bonds is 21. The number of piperazine rings is 2. The third kappa shape index (κ3) is 30.5. The molecule has 4 aromatic heterocycles. The number of hydrogen-bond donors (Lipinski definition) is 6. The molecule has 0 atom stereocenters. The number of aliphatic hydroxyl groups excluding tert-OH is 1. The normalized spacial score (nSPS) is 15.3. The fourth-order valence-electron chi connectivity index (χ4n) is 14.5. The van der Waals surface area contributed by atoms with E-state index in [1.807, 2.05) is 43.3 Å². The van der Waals surface area contributed by atoms with E-state index in [1.54, 1.807) is 90.2 Å². The summed E-state index contributed by atoms with van der Waals surface area (Å²) in [5.41, 5.74) is 25.9. The molecule has 13 rings (SSSR count). The highest BCUT2D eigenvalue weighted by molar-refractivity contribution is 9.11. The molecule has 8 heterocycles. The SMILES string of the molecule is CCCCO.CCc1cc(N)c(OC)cc1N1CCC(N2CCN(C)CC2)CC1.CCc1cc(Nc2ncc(Br)c(Nc3ccc(-c4cncc(C#C[Si](C)(C)C)n4)cc3P(C)(C)=O)n2)c(OC)cc1N1CCC(N2CCN(C)CC2)CC1.C[Si](C)(C)C#Cc1cncc(-c2ccc(Nc3nc(Cl)ncc3Br)c(P(C)(C)=O)c2)n1.Cc1ccc(S(=O)(=O)O)cc1. The molecular formula is C91H125Br2ClN18O8P2SSi2. The van der Waals surface area contributed by atoms with Crippen LogP contribution in [0.3, 0.4) is 0 Å². The molecule has 0 radical (unpaired) electrons. The van der Waals surface area contributed by atoms with Crippen molar-refractivity contribution in [3.8, 4) is 56.9 Å². The van der Waals surface area contributed by atoms with Crippen LogP contribution in [0.4, 0.5) is 51.7 Å². The number of hydrogen-bond acceptors (Lipinski definition) is 25. The van der Waals surface area contributed by atoms with Crippen LogP contribution in [0.5, 0.6) is 11.5 Å². The van der Waals surface area contributed by atoms with E-state index in [0.29, 0.717) is 83.9 Å². The summed E-state index contributed by atoms with van der Waals surface area (Å²) >= 11 is 13.0. The lowest BCUT2D eigenvalue weighted by molar-refractivity contribution is 0.0982. The van der Waals surface area contributed by atoms with Crippen molar-refractivity contribution in [3.05, 3.63) is 164 Å². The molecule has 4 aliphatic rings. The van der Waals surface area contributed by atoms with Gasteiger partial charge in [-0.3, -0.25) is 24.3 Å². The lowest BCUT2D eigenvalue weighted by Crippen LogP contribution is -2.52. The quantitative estimate of drug-likeness (QED) is 0.00972. The van der Waals surface area contributed by atoms with Gasteiger partial charge in [-0.1, -0.05) is 108 Å². The van der Waals surface area contributed by atoms with Gasteiger partial charge in [0.25, 0.3) is 10.1 Å². The molecule has 7 N–H and O–H groups in total. The molecule has 0 amide bonds. The van der Waals surface area contributed by atoms with Crippen LogP contribution in [0.25, 0.3) is 22.5 Å². The zero-order chi connectivity index (χ0) is 91.1. The van der Waals surface area contributed by atoms with Crippen LogP contribution in [0.2, 0.25) is 44.6 Å². The molecule has 5 aromatic carbocycles. The lowest BCUT2D eigenvalue weighted by Gasteiger charge is -2.43. The Balaban J connectivity index is 0.000000209. The Morgan fingerprint density at radius 3 is 1.39 bits per heavy atom. The number of aromatic nitrogens is 8. The van der Waals surface area contributed by atoms with Crippen molar-refractivity contribution < 1.29 is 36.7 Å². The van der Waals surface area contributed by atoms with E-state index >= 15 is 0 Å². The number of methoxy groups -OCH3 is 2. The van der Waals surface area contributed by atoms with Gasteiger partial charge >= 0.3 is 0 Å². The Morgan fingerprint density at radius 1 is 0.560 bits per heavy atom. The molecule has 4 aliphatic heterocycles. The molecule has 0 aliphatic carbocycles. The summed E-state index contributed by atoms with van der Waals surface area (Å²) in [4.78, 5) is 50.8. The van der Waals surface area contributed by atoms with E-state index in [9.17, 15) is 17.5 Å². The first-order valence-electron chi connectivity index (χ1n) is 42.5. The molecule has 4 saturated heterocycles. The first-order chi connectivity index (χ1) is 59.2. The van der Waals surface area contributed by atoms with Crippen LogP contribution in [0.1, 0.15) is 87.4 Å². The van der Waals surface area contributed by atoms with E-state index in [0.717, 1.165) is 124 Å². The fraction of sp³-hybridized carbons (Fsp3) is 0.451. The monoisotopic (exact) mass is 1940 g/mol. The summed E-state index contributed by atoms with van der Waals surface area (Å²) in [6.07, 6.45) is 18.8. The third-order valence-corrected chi connectivity index (χ3v) is 28.5. The number of nitrogen functional groups attached to an aromatic ring is 1. The number of aryl methyl sites for hydroxylation is 3. The van der Waals surface area contributed by atoms with Crippen molar-refractivity contribution in [2.24, 2.45) is 0 Å². The second kappa shape index (κ2) is 46.2. The number of halogens is 3. The number of likely N-dealkylation sites (N-methyl/N-ethyl adjacent to an activating group) is 2. The number of aliphatic hydroxyl groups is 1. The smallest absolute Gasteiger partial charge is 0.294 e. The molecule has 0 bridgehead atoms. The van der Waals surface area contributed by atoms with Crippen molar-refractivity contribution in [1.82, 2.24) is 59.5 Å². The van der Waals surface area contributed by atoms with Crippen LogP contribution in [-0.2, 0) is 32.1 Å². The minimum Gasteiger partial charge on any atom is -0.495 e. The van der Waals surface area contributed by atoms with Crippen LogP contribution >= 0.6 is 57.7 Å². The summed E-state index contributed by atoms with van der Waals surface area (Å²) in [7, 11) is -4.67. The van der Waals surface area contributed by atoms with Crippen molar-refractivity contribution in [3.63, 3.8) is 0 Å². The van der Waals surface area contributed by atoms with Crippen molar-refractivity contribution in [2.45, 2.75) is 135 Å². The van der Waals surface area contributed by atoms with Crippen molar-refractivity contribution in [1.29, 1.82) is 0 Å². The fourth-order valence-corrected chi connectivity index (χ4v) is 19.0. The Bertz CT molecular complexity index is 5480. The molecule has 0 saturated carbocycles. The maximum atomic E-state index is 13.7. The molecule has 26 nitrogen and oxygen atoms in total. The molecule has 125 heavy (non-hydrogen) atoms. The molecule has 0 unspecified atom stereocenters. The van der Waals surface area contributed by atoms with Gasteiger partial charge in [0, 0.05) is 155 Å². The number of benzene rings is 5. The predicted molar refractivity (Wildman–Crippen MR) is 529 cm³/mol. The molecule has 34 heteroatoms. The lowest BCUT2D eigenvalue weighted by atomic mass is 9.99. The molecule has 0 spiro atoms. The predicted octanol–water partition coefficient (Wildman–Crippen LogP) is 17.1. The number of unbranched alkanes of at least 4 members (excludes halogenated alkanes) is 1. The van der Waals surface area contributed by atoms with Crippen LogP contribution in [0, 0.1) is 29.9 Å². The largest absolute Gasteiger partial charge is 0.495 e. The van der Waals surface area contributed by atoms with Gasteiger partial charge in [-0.25, -0.2) is 19.9 Å². The summed E-state index contributed by atoms with van der Waals surface area (Å²) < 4.78 is 69.0. The molecule has 672 valence electrons. The average molecular weight is 1940 g/mol. The first-order valence-corrected chi connectivity index (χ1v) is 58.1. The van der Waals surface area contributed by atoms with Crippen LogP contribution in [-0.4, -0.2) is 246 Å². The minimum absolute atomic E-state index is 0.0666. The number of nitrogens with zero attached hydrogens (tertiary/aromatic N) is 14. The van der Waals surface area contributed by atoms with Gasteiger partial charge in [0.15, 0.2) is 0 Å². The van der Waals surface area contributed by atoms with E-state index in [1.165, 1.54) is 86.5 Å². The molecular weight excluding hydrogens is 1820 g/mol. The van der Waals surface area contributed by atoms with Gasteiger partial charge in [0.05, 0.1) is 87.0 Å². The van der Waals surface area contributed by atoms with Crippen LogP contribution < -0.4 is 51.6 Å². The number of ether oxygens (including phenoxy) is 2. The molecule has 9 aromatic rings. The van der Waals surface area contributed by atoms with Gasteiger partial charge in [-0.15, -0.1) is 11.1 Å². The zero-order valence-electron chi connectivity index (χ0n) is 75.7. The Labute approximate surface area is 765 Å². The second-order valence-electron chi connectivity index (χ2n) is 34.4. The topological polar surface area (TPSA) is 312 Å². The van der Waals surface area contributed by atoms with E-state index in [-0.39, 0.29) is 10.2 Å². The summed E-state index contributed by atoms with van der Waals surface area (Å²) in [5.74, 6) is 9.29.